The summed E-state index contributed by atoms with van der Waals surface area (Å²) in [6.07, 6.45) is 1.36. The van der Waals surface area contributed by atoms with E-state index in [1.54, 1.807) is 0 Å². The van der Waals surface area contributed by atoms with Gasteiger partial charge < -0.3 is 5.32 Å². The molecule has 1 aromatic heterocycles. The molecule has 1 N–H and O–H groups in total. The summed E-state index contributed by atoms with van der Waals surface area (Å²) in [7, 11) is 0. The van der Waals surface area contributed by atoms with Crippen LogP contribution in [0.5, 0.6) is 0 Å². The molecule has 0 amide bonds. The van der Waals surface area contributed by atoms with Crippen molar-refractivity contribution in [1.82, 2.24) is 14.9 Å². The van der Waals surface area contributed by atoms with Crippen LogP contribution in [0.3, 0.4) is 0 Å². The molecule has 0 aliphatic rings. The Morgan fingerprint density at radius 3 is 2.00 bits per heavy atom. The first-order valence-electron chi connectivity index (χ1n) is 8.73. The molecule has 4 rings (SSSR count). The summed E-state index contributed by atoms with van der Waals surface area (Å²) in [5.74, 6) is -2.66. The Morgan fingerprint density at radius 1 is 0.767 bits per heavy atom. The molecule has 0 aliphatic heterocycles. The molecule has 9 heteroatoms. The van der Waals surface area contributed by atoms with Gasteiger partial charge in [0.2, 0.25) is 5.95 Å². The van der Waals surface area contributed by atoms with E-state index < -0.39 is 28.8 Å². The van der Waals surface area contributed by atoms with E-state index in [9.17, 15) is 17.6 Å². The molecule has 150 valence electrons. The molecule has 0 fully saturated rings. The lowest BCUT2D eigenvalue weighted by Crippen LogP contribution is -2.03. The van der Waals surface area contributed by atoms with Crippen molar-refractivity contribution in [3.63, 3.8) is 0 Å². The van der Waals surface area contributed by atoms with Crippen LogP contribution in [0, 0.1) is 23.3 Å². The van der Waals surface area contributed by atoms with Crippen LogP contribution in [-0.4, -0.2) is 21.1 Å². The highest BCUT2D eigenvalue weighted by molar-refractivity contribution is 5.80. The van der Waals surface area contributed by atoms with E-state index in [0.717, 1.165) is 16.8 Å². The fourth-order valence-corrected chi connectivity index (χ4v) is 2.67. The third-order valence-corrected chi connectivity index (χ3v) is 4.12. The highest BCUT2D eigenvalue weighted by Gasteiger charge is 2.20. The topological polar surface area (TPSA) is 55.1 Å². The van der Waals surface area contributed by atoms with Gasteiger partial charge in [0.25, 0.3) is 0 Å². The second-order valence-corrected chi connectivity index (χ2v) is 6.18. The molecule has 0 atom stereocenters. The molecule has 1 heterocycles. The molecular weight excluding hydrogens is 398 g/mol. The Kier molecular flexibility index (Phi) is 5.25. The van der Waals surface area contributed by atoms with Gasteiger partial charge in [-0.3, -0.25) is 0 Å². The van der Waals surface area contributed by atoms with E-state index in [1.807, 2.05) is 0 Å². The molecule has 3 aromatic carbocycles. The number of benzene rings is 3. The zero-order valence-corrected chi connectivity index (χ0v) is 15.2. The third kappa shape index (κ3) is 4.04. The summed E-state index contributed by atoms with van der Waals surface area (Å²) in [6, 6.07) is 14.3. The standard InChI is InChI=1S/C21H13F4N5/c22-14-6-4-13(5-7-14)12-26-30-20(19-17(24)2-1-3-18(19)25)28-29-21(30)27-16-10-8-15(23)9-11-16/h1-12H,(H,27,29)/b26-12+. The van der Waals surface area contributed by atoms with Crippen molar-refractivity contribution in [3.8, 4) is 11.4 Å². The Bertz CT molecular complexity index is 1180. The Balaban J connectivity index is 1.79. The minimum absolute atomic E-state index is 0.0395. The van der Waals surface area contributed by atoms with Crippen LogP contribution >= 0.6 is 0 Å². The van der Waals surface area contributed by atoms with Gasteiger partial charge in [-0.1, -0.05) is 18.2 Å². The largest absolute Gasteiger partial charge is 0.323 e. The molecule has 0 saturated carbocycles. The van der Waals surface area contributed by atoms with E-state index in [-0.39, 0.29) is 11.8 Å². The average Bonchev–Trinajstić information content (AvgIpc) is 3.11. The number of anilines is 2. The molecule has 0 bridgehead atoms. The fraction of sp³-hybridized carbons (Fsp3) is 0. The second-order valence-electron chi connectivity index (χ2n) is 6.18. The van der Waals surface area contributed by atoms with E-state index in [4.69, 9.17) is 0 Å². The maximum Gasteiger partial charge on any atom is 0.250 e. The lowest BCUT2D eigenvalue weighted by molar-refractivity contribution is 0.585. The lowest BCUT2D eigenvalue weighted by atomic mass is 10.2. The summed E-state index contributed by atoms with van der Waals surface area (Å²) in [5, 5.41) is 14.9. The van der Waals surface area contributed by atoms with Crippen LogP contribution in [-0.2, 0) is 0 Å². The molecule has 0 unspecified atom stereocenters. The molecule has 4 aromatic rings. The number of halogens is 4. The van der Waals surface area contributed by atoms with Crippen molar-refractivity contribution < 1.29 is 17.6 Å². The minimum Gasteiger partial charge on any atom is -0.323 e. The van der Waals surface area contributed by atoms with Crippen LogP contribution in [0.2, 0.25) is 0 Å². The van der Waals surface area contributed by atoms with Gasteiger partial charge in [0, 0.05) is 5.69 Å². The van der Waals surface area contributed by atoms with Gasteiger partial charge in [-0.05, 0) is 54.1 Å². The van der Waals surface area contributed by atoms with Gasteiger partial charge >= 0.3 is 0 Å². The van der Waals surface area contributed by atoms with Gasteiger partial charge in [0.1, 0.15) is 23.3 Å². The summed E-state index contributed by atoms with van der Waals surface area (Å²) < 4.78 is 56.0. The number of rotatable bonds is 5. The van der Waals surface area contributed by atoms with E-state index >= 15 is 0 Å². The SMILES string of the molecule is Fc1ccc(/C=N/n2c(Nc3ccc(F)cc3)nnc2-c2c(F)cccc2F)cc1. The zero-order valence-electron chi connectivity index (χ0n) is 15.2. The van der Waals surface area contributed by atoms with Crippen LogP contribution in [0.1, 0.15) is 5.56 Å². The summed E-state index contributed by atoms with van der Waals surface area (Å²) in [6.45, 7) is 0. The molecule has 0 spiro atoms. The maximum absolute atomic E-state index is 14.3. The van der Waals surface area contributed by atoms with Crippen molar-refractivity contribution in [2.24, 2.45) is 5.10 Å². The highest BCUT2D eigenvalue weighted by atomic mass is 19.1. The Labute approximate surface area is 168 Å². The molecule has 0 aliphatic carbocycles. The van der Waals surface area contributed by atoms with Gasteiger partial charge in [-0.25, -0.2) is 17.6 Å². The summed E-state index contributed by atoms with van der Waals surface area (Å²) in [4.78, 5) is 0. The van der Waals surface area contributed by atoms with Crippen LogP contribution in [0.25, 0.3) is 11.4 Å². The first kappa shape index (κ1) is 19.3. The van der Waals surface area contributed by atoms with Crippen LogP contribution in [0.15, 0.2) is 71.8 Å². The third-order valence-electron chi connectivity index (χ3n) is 4.12. The van der Waals surface area contributed by atoms with Gasteiger partial charge in [0.15, 0.2) is 5.82 Å². The van der Waals surface area contributed by atoms with Crippen LogP contribution in [0.4, 0.5) is 29.2 Å². The van der Waals surface area contributed by atoms with Crippen LogP contribution < -0.4 is 5.32 Å². The molecule has 0 radical (unpaired) electrons. The molecule has 5 nitrogen and oxygen atoms in total. The van der Waals surface area contributed by atoms with Crippen molar-refractivity contribution in [3.05, 3.63) is 95.6 Å². The average molecular weight is 411 g/mol. The highest BCUT2D eigenvalue weighted by Crippen LogP contribution is 2.27. The quantitative estimate of drug-likeness (QED) is 0.366. The molecule has 30 heavy (non-hydrogen) atoms. The second kappa shape index (κ2) is 8.16. The van der Waals surface area contributed by atoms with Gasteiger partial charge in [-0.15, -0.1) is 10.2 Å². The lowest BCUT2D eigenvalue weighted by Gasteiger charge is -2.08. The summed E-state index contributed by atoms with van der Waals surface area (Å²) in [5.41, 5.74) is 0.591. The van der Waals surface area contributed by atoms with Crippen molar-refractivity contribution >= 4 is 17.9 Å². The Hall–Kier alpha value is -4.01. The summed E-state index contributed by atoms with van der Waals surface area (Å²) >= 11 is 0. The van der Waals surface area contributed by atoms with E-state index in [2.05, 4.69) is 20.6 Å². The number of nitrogens with one attached hydrogen (secondary N) is 1. The predicted molar refractivity (Wildman–Crippen MR) is 104 cm³/mol. The van der Waals surface area contributed by atoms with Gasteiger partial charge in [-0.2, -0.15) is 9.78 Å². The Morgan fingerprint density at radius 2 is 1.37 bits per heavy atom. The first-order chi connectivity index (χ1) is 14.5. The van der Waals surface area contributed by atoms with E-state index in [1.165, 1.54) is 60.8 Å². The van der Waals surface area contributed by atoms with E-state index in [0.29, 0.717) is 11.3 Å². The minimum atomic E-state index is -0.839. The van der Waals surface area contributed by atoms with Crippen molar-refractivity contribution in [2.75, 3.05) is 5.32 Å². The van der Waals surface area contributed by atoms with Gasteiger partial charge in [0.05, 0.1) is 11.8 Å². The predicted octanol–water partition coefficient (Wildman–Crippen LogP) is 5.13. The zero-order chi connectivity index (χ0) is 21.1. The molecule has 0 saturated heterocycles. The fourth-order valence-electron chi connectivity index (χ4n) is 2.67. The van der Waals surface area contributed by atoms with Crippen molar-refractivity contribution in [1.29, 1.82) is 0 Å². The number of hydrogen-bond donors (Lipinski definition) is 1. The molecular formula is C21H13F4N5. The normalized spacial score (nSPS) is 11.2. The number of nitrogens with zero attached hydrogens (tertiary/aromatic N) is 4. The maximum atomic E-state index is 14.3. The number of hydrogen-bond acceptors (Lipinski definition) is 4. The van der Waals surface area contributed by atoms with Crippen molar-refractivity contribution in [2.45, 2.75) is 0 Å². The number of aromatic nitrogens is 3. The smallest absolute Gasteiger partial charge is 0.250 e. The first-order valence-corrected chi connectivity index (χ1v) is 8.73. The monoisotopic (exact) mass is 411 g/mol.